The molecule has 1 saturated heterocycles. The number of hydrogen-bond acceptors (Lipinski definition) is 4. The topological polar surface area (TPSA) is 84.5 Å². The lowest BCUT2D eigenvalue weighted by Gasteiger charge is -2.13. The van der Waals surface area contributed by atoms with Crippen molar-refractivity contribution in [2.75, 3.05) is 17.9 Å². The number of sulfonamides is 1. The summed E-state index contributed by atoms with van der Waals surface area (Å²) in [5, 5.41) is 2.70. The quantitative estimate of drug-likeness (QED) is 0.763. The van der Waals surface area contributed by atoms with Gasteiger partial charge in [0.1, 0.15) is 10.7 Å². The number of rotatable bonds is 6. The first kappa shape index (κ1) is 19.6. The van der Waals surface area contributed by atoms with Crippen molar-refractivity contribution >= 4 is 33.2 Å². The van der Waals surface area contributed by atoms with Crippen LogP contribution in [-0.2, 0) is 14.8 Å². The molecule has 2 aromatic rings. The zero-order chi connectivity index (χ0) is 19.4. The Morgan fingerprint density at radius 2 is 1.96 bits per heavy atom. The minimum atomic E-state index is -4.05. The van der Waals surface area contributed by atoms with E-state index in [1.54, 1.807) is 0 Å². The summed E-state index contributed by atoms with van der Waals surface area (Å²) < 4.78 is 46.0. The van der Waals surface area contributed by atoms with E-state index in [1.165, 1.54) is 30.3 Å². The van der Waals surface area contributed by atoms with Crippen molar-refractivity contribution in [1.82, 2.24) is 5.32 Å². The molecule has 144 valence electrons. The van der Waals surface area contributed by atoms with Crippen LogP contribution in [0.1, 0.15) is 23.2 Å². The highest BCUT2D eigenvalue weighted by Crippen LogP contribution is 2.25. The predicted molar refractivity (Wildman–Crippen MR) is 100.0 cm³/mol. The highest BCUT2D eigenvalue weighted by Gasteiger charge is 2.21. The van der Waals surface area contributed by atoms with E-state index in [1.807, 2.05) is 0 Å². The van der Waals surface area contributed by atoms with Gasteiger partial charge in [-0.15, -0.1) is 0 Å². The van der Waals surface area contributed by atoms with Crippen LogP contribution in [0.4, 0.5) is 10.1 Å². The van der Waals surface area contributed by atoms with Crippen molar-refractivity contribution in [2.45, 2.75) is 23.8 Å². The van der Waals surface area contributed by atoms with Gasteiger partial charge >= 0.3 is 0 Å². The number of amides is 1. The fourth-order valence-electron chi connectivity index (χ4n) is 2.69. The Balaban J connectivity index is 1.77. The molecule has 6 nitrogen and oxygen atoms in total. The molecule has 0 aliphatic carbocycles. The van der Waals surface area contributed by atoms with Gasteiger partial charge in [0.05, 0.1) is 11.1 Å². The van der Waals surface area contributed by atoms with Gasteiger partial charge in [-0.3, -0.25) is 9.52 Å². The minimum Gasteiger partial charge on any atom is -0.376 e. The summed E-state index contributed by atoms with van der Waals surface area (Å²) in [4.78, 5) is 12.1. The Hall–Kier alpha value is -2.16. The second-order valence-electron chi connectivity index (χ2n) is 6.10. The number of nitrogens with one attached hydrogen (secondary N) is 2. The van der Waals surface area contributed by atoms with Crippen LogP contribution < -0.4 is 10.0 Å². The van der Waals surface area contributed by atoms with Gasteiger partial charge < -0.3 is 10.1 Å². The molecule has 1 atom stereocenters. The molecule has 1 amide bonds. The number of halogens is 2. The van der Waals surface area contributed by atoms with E-state index >= 15 is 0 Å². The second-order valence-corrected chi connectivity index (χ2v) is 8.16. The zero-order valence-electron chi connectivity index (χ0n) is 14.2. The number of carbonyl (C=O) groups excluding carboxylic acids is 1. The average molecular weight is 413 g/mol. The predicted octanol–water partition coefficient (Wildman–Crippen LogP) is 3.19. The van der Waals surface area contributed by atoms with Gasteiger partial charge in [0.2, 0.25) is 0 Å². The van der Waals surface area contributed by atoms with E-state index < -0.39 is 21.7 Å². The molecule has 1 aliphatic heterocycles. The number of ether oxygens (including phenoxy) is 1. The van der Waals surface area contributed by atoms with Gasteiger partial charge in [0, 0.05) is 24.4 Å². The first-order valence-corrected chi connectivity index (χ1v) is 10.2. The van der Waals surface area contributed by atoms with E-state index in [9.17, 15) is 17.6 Å². The summed E-state index contributed by atoms with van der Waals surface area (Å²) in [5.41, 5.74) is 0.345. The number of carbonyl (C=O) groups is 1. The maximum atomic E-state index is 13.0. The van der Waals surface area contributed by atoms with Crippen molar-refractivity contribution in [2.24, 2.45) is 0 Å². The Morgan fingerprint density at radius 3 is 2.63 bits per heavy atom. The summed E-state index contributed by atoms with van der Waals surface area (Å²) >= 11 is 6.03. The largest absolute Gasteiger partial charge is 0.376 e. The van der Waals surface area contributed by atoms with Crippen molar-refractivity contribution < 1.29 is 22.3 Å². The fourth-order valence-corrected chi connectivity index (χ4v) is 4.28. The van der Waals surface area contributed by atoms with Crippen molar-refractivity contribution in [3.63, 3.8) is 0 Å². The maximum Gasteiger partial charge on any atom is 0.263 e. The summed E-state index contributed by atoms with van der Waals surface area (Å²) in [6, 6.07) is 8.85. The van der Waals surface area contributed by atoms with Crippen LogP contribution >= 0.6 is 11.6 Å². The summed E-state index contributed by atoms with van der Waals surface area (Å²) in [6.07, 6.45) is 1.81. The van der Waals surface area contributed by atoms with Crippen LogP contribution in [0, 0.1) is 5.82 Å². The molecule has 0 bridgehead atoms. The molecular formula is C18H18ClFN2O4S. The van der Waals surface area contributed by atoms with E-state index in [-0.39, 0.29) is 27.3 Å². The summed E-state index contributed by atoms with van der Waals surface area (Å²) in [5.74, 6) is -0.902. The van der Waals surface area contributed by atoms with E-state index in [4.69, 9.17) is 16.3 Å². The third-order valence-electron chi connectivity index (χ3n) is 4.09. The van der Waals surface area contributed by atoms with Crippen LogP contribution in [-0.4, -0.2) is 33.6 Å². The molecule has 1 unspecified atom stereocenters. The van der Waals surface area contributed by atoms with Crippen LogP contribution in [0.2, 0.25) is 5.02 Å². The lowest BCUT2D eigenvalue weighted by molar-refractivity contribution is 0.0857. The Kier molecular flexibility index (Phi) is 5.98. The number of benzene rings is 2. The second kappa shape index (κ2) is 8.24. The van der Waals surface area contributed by atoms with Gasteiger partial charge in [0.15, 0.2) is 0 Å². The molecule has 0 spiro atoms. The highest BCUT2D eigenvalue weighted by molar-refractivity contribution is 7.92. The molecular weight excluding hydrogens is 395 g/mol. The van der Waals surface area contributed by atoms with Crippen LogP contribution in [0.3, 0.4) is 0 Å². The molecule has 0 aromatic heterocycles. The smallest absolute Gasteiger partial charge is 0.263 e. The van der Waals surface area contributed by atoms with Gasteiger partial charge in [0.25, 0.3) is 15.9 Å². The fraction of sp³-hybridized carbons (Fsp3) is 0.278. The molecule has 0 radical (unpaired) electrons. The molecule has 9 heteroatoms. The molecule has 2 aromatic carbocycles. The maximum absolute atomic E-state index is 13.0. The van der Waals surface area contributed by atoms with Gasteiger partial charge in [-0.1, -0.05) is 11.6 Å². The summed E-state index contributed by atoms with van der Waals surface area (Å²) in [7, 11) is -4.05. The SMILES string of the molecule is O=C(NCC1CCCO1)c1ccc(Cl)c(S(=O)(=O)Nc2ccc(F)cc2)c1. The highest BCUT2D eigenvalue weighted by atomic mass is 35.5. The minimum absolute atomic E-state index is 0.0235. The molecule has 0 saturated carbocycles. The van der Waals surface area contributed by atoms with E-state index in [0.717, 1.165) is 25.0 Å². The van der Waals surface area contributed by atoms with E-state index in [0.29, 0.717) is 13.2 Å². The monoisotopic (exact) mass is 412 g/mol. The van der Waals surface area contributed by atoms with Crippen molar-refractivity contribution in [1.29, 1.82) is 0 Å². The molecule has 2 N–H and O–H groups in total. The van der Waals surface area contributed by atoms with E-state index in [2.05, 4.69) is 10.0 Å². The molecule has 27 heavy (non-hydrogen) atoms. The molecule has 1 heterocycles. The lowest BCUT2D eigenvalue weighted by atomic mass is 10.2. The van der Waals surface area contributed by atoms with Crippen LogP contribution in [0.25, 0.3) is 0 Å². The normalized spacial score (nSPS) is 16.9. The van der Waals surface area contributed by atoms with Gasteiger partial charge in [-0.25, -0.2) is 12.8 Å². The number of anilines is 1. The van der Waals surface area contributed by atoms with Crippen LogP contribution in [0.15, 0.2) is 47.4 Å². The average Bonchev–Trinajstić information content (AvgIpc) is 3.15. The molecule has 3 rings (SSSR count). The Morgan fingerprint density at radius 1 is 1.22 bits per heavy atom. The van der Waals surface area contributed by atoms with Gasteiger partial charge in [-0.05, 0) is 55.3 Å². The van der Waals surface area contributed by atoms with Crippen LogP contribution in [0.5, 0.6) is 0 Å². The third-order valence-corrected chi connectivity index (χ3v) is 5.96. The Bertz CT molecular complexity index is 929. The first-order chi connectivity index (χ1) is 12.8. The van der Waals surface area contributed by atoms with Gasteiger partial charge in [-0.2, -0.15) is 0 Å². The summed E-state index contributed by atoms with van der Waals surface area (Å²) in [6.45, 7) is 1.04. The lowest BCUT2D eigenvalue weighted by Crippen LogP contribution is -2.31. The van der Waals surface area contributed by atoms with Crippen molar-refractivity contribution in [3.05, 3.63) is 58.9 Å². The molecule has 1 aliphatic rings. The molecule has 1 fully saturated rings. The van der Waals surface area contributed by atoms with Crippen molar-refractivity contribution in [3.8, 4) is 0 Å². The Labute approximate surface area is 161 Å². The standard InChI is InChI=1S/C18H18ClFN2O4S/c19-16-8-3-12(18(23)21-11-15-2-1-9-26-15)10-17(16)27(24,25)22-14-6-4-13(20)5-7-14/h3-8,10,15,22H,1-2,9,11H2,(H,21,23). The first-order valence-electron chi connectivity index (χ1n) is 8.33. The zero-order valence-corrected chi connectivity index (χ0v) is 15.8. The third kappa shape index (κ3) is 4.97. The number of hydrogen-bond donors (Lipinski definition) is 2.